The summed E-state index contributed by atoms with van der Waals surface area (Å²) in [5.74, 6) is -0.556. The molecule has 5 heteroatoms. The van der Waals surface area contributed by atoms with Gasteiger partial charge in [0.1, 0.15) is 0 Å². The third kappa shape index (κ3) is 35.4. The molecule has 0 aromatic heterocycles. The fourth-order valence-electron chi connectivity index (χ4n) is 5.55. The minimum atomic E-state index is -0.666. The van der Waals surface area contributed by atoms with Crippen molar-refractivity contribution in [2.75, 3.05) is 0 Å². The van der Waals surface area contributed by atoms with E-state index in [1.807, 2.05) is 20.8 Å². The fourth-order valence-corrected chi connectivity index (χ4v) is 5.55. The van der Waals surface area contributed by atoms with Crippen LogP contribution in [0.2, 0.25) is 0 Å². The van der Waals surface area contributed by atoms with E-state index < -0.39 is 11.4 Å². The lowest BCUT2D eigenvalue weighted by Crippen LogP contribution is -2.40. The van der Waals surface area contributed by atoms with Crippen LogP contribution in [0.3, 0.4) is 0 Å². The molecule has 1 unspecified atom stereocenters. The molecule has 0 aliphatic rings. The molecule has 264 valence electrons. The Bertz CT molecular complexity index is 608. The second kappa shape index (κ2) is 34.8. The molecule has 0 saturated heterocycles. The van der Waals surface area contributed by atoms with Crippen LogP contribution in [0.4, 0.5) is 0 Å². The van der Waals surface area contributed by atoms with Gasteiger partial charge in [0.15, 0.2) is 0 Å². The van der Waals surface area contributed by atoms with E-state index in [-0.39, 0.29) is 12.1 Å². The molecule has 1 atom stereocenters. The van der Waals surface area contributed by atoms with Crippen molar-refractivity contribution >= 4 is 11.9 Å². The van der Waals surface area contributed by atoms with Crippen molar-refractivity contribution in [3.63, 3.8) is 0 Å². The molecule has 0 radical (unpaired) electrons. The molecule has 4 N–H and O–H groups in total. The van der Waals surface area contributed by atoms with Crippen molar-refractivity contribution < 1.29 is 14.7 Å². The quantitative estimate of drug-likeness (QED) is 0.0513. The van der Waals surface area contributed by atoms with Gasteiger partial charge in [0, 0.05) is 6.42 Å². The molecule has 0 rings (SSSR count). The van der Waals surface area contributed by atoms with Crippen LogP contribution in [0.1, 0.15) is 227 Å². The van der Waals surface area contributed by atoms with Crippen molar-refractivity contribution in [3.05, 3.63) is 0 Å². The smallest absolute Gasteiger partial charge is 0.309 e. The average Bonchev–Trinajstić information content (AvgIpc) is 2.99. The highest BCUT2D eigenvalue weighted by Crippen LogP contribution is 2.24. The van der Waals surface area contributed by atoms with Gasteiger partial charge in [-0.25, -0.2) is 0 Å². The van der Waals surface area contributed by atoms with Gasteiger partial charge in [-0.2, -0.15) is 0 Å². The number of rotatable bonds is 32. The molecule has 1 amide bonds. The third-order valence-corrected chi connectivity index (χ3v) is 9.03. The summed E-state index contributed by atoms with van der Waals surface area (Å²) in [6.45, 7) is 10.2. The summed E-state index contributed by atoms with van der Waals surface area (Å²) >= 11 is 0. The first-order valence-corrected chi connectivity index (χ1v) is 19.5. The molecule has 0 saturated carbocycles. The SMILES string of the molecule is CCCCCCCCCCCCCCC(C)(C)C(=O)O.CCCCCCCCCCCCCCCCCC(=O)NC(N)CC. The van der Waals surface area contributed by atoms with Crippen LogP contribution in [-0.2, 0) is 9.59 Å². The van der Waals surface area contributed by atoms with E-state index in [4.69, 9.17) is 10.8 Å². The van der Waals surface area contributed by atoms with Crippen LogP contribution in [0.5, 0.6) is 0 Å². The van der Waals surface area contributed by atoms with E-state index in [0.717, 1.165) is 25.7 Å². The first-order chi connectivity index (χ1) is 21.2. The number of carboxylic acids is 1. The Balaban J connectivity index is 0. The summed E-state index contributed by atoms with van der Waals surface area (Å²) in [5, 5.41) is 11.8. The Morgan fingerprint density at radius 3 is 1.14 bits per heavy atom. The van der Waals surface area contributed by atoms with Gasteiger partial charge >= 0.3 is 5.97 Å². The molecule has 0 aliphatic carbocycles. The minimum absolute atomic E-state index is 0.110. The zero-order chi connectivity index (χ0) is 33.2. The van der Waals surface area contributed by atoms with E-state index in [9.17, 15) is 9.59 Å². The normalized spacial score (nSPS) is 12.0. The number of hydrogen-bond acceptors (Lipinski definition) is 3. The lowest BCUT2D eigenvalue weighted by molar-refractivity contribution is -0.147. The molecular formula is C39H80N2O3. The van der Waals surface area contributed by atoms with Crippen LogP contribution < -0.4 is 11.1 Å². The lowest BCUT2D eigenvalue weighted by Gasteiger charge is -2.18. The number of carboxylic acid groups (broad SMARTS) is 1. The highest BCUT2D eigenvalue weighted by atomic mass is 16.4. The molecule has 0 aromatic carbocycles. The van der Waals surface area contributed by atoms with Gasteiger partial charge in [0.25, 0.3) is 0 Å². The van der Waals surface area contributed by atoms with Crippen LogP contribution in [0.25, 0.3) is 0 Å². The Labute approximate surface area is 276 Å². The number of carbonyl (C=O) groups excluding carboxylic acids is 1. The maximum Gasteiger partial charge on any atom is 0.309 e. The van der Waals surface area contributed by atoms with E-state index in [1.165, 1.54) is 161 Å². The predicted octanol–water partition coefficient (Wildman–Crippen LogP) is 12.2. The lowest BCUT2D eigenvalue weighted by atomic mass is 9.87. The molecule has 5 nitrogen and oxygen atoms in total. The van der Waals surface area contributed by atoms with Crippen molar-refractivity contribution in [1.82, 2.24) is 5.32 Å². The molecular weight excluding hydrogens is 544 g/mol. The van der Waals surface area contributed by atoms with E-state index in [2.05, 4.69) is 19.2 Å². The summed E-state index contributed by atoms with van der Waals surface area (Å²) < 4.78 is 0. The summed E-state index contributed by atoms with van der Waals surface area (Å²) in [5.41, 5.74) is 5.15. The Morgan fingerprint density at radius 1 is 0.545 bits per heavy atom. The minimum Gasteiger partial charge on any atom is -0.481 e. The zero-order valence-electron chi connectivity index (χ0n) is 30.6. The Morgan fingerprint density at radius 2 is 0.841 bits per heavy atom. The van der Waals surface area contributed by atoms with Crippen LogP contribution in [-0.4, -0.2) is 23.1 Å². The fraction of sp³-hybridized carbons (Fsp3) is 0.949. The zero-order valence-corrected chi connectivity index (χ0v) is 30.6. The van der Waals surface area contributed by atoms with Gasteiger partial charge in [-0.1, -0.05) is 188 Å². The van der Waals surface area contributed by atoms with Gasteiger partial charge in [0.2, 0.25) is 5.91 Å². The molecule has 0 spiro atoms. The number of carbonyl (C=O) groups is 2. The van der Waals surface area contributed by atoms with Gasteiger partial charge in [-0.05, 0) is 33.1 Å². The first kappa shape index (κ1) is 45.0. The molecule has 0 heterocycles. The largest absolute Gasteiger partial charge is 0.481 e. The Hall–Kier alpha value is -1.10. The molecule has 44 heavy (non-hydrogen) atoms. The predicted molar refractivity (Wildman–Crippen MR) is 193 cm³/mol. The third-order valence-electron chi connectivity index (χ3n) is 9.03. The summed E-state index contributed by atoms with van der Waals surface area (Å²) in [6.07, 6.45) is 38.3. The van der Waals surface area contributed by atoms with Gasteiger partial charge in [-0.3, -0.25) is 9.59 Å². The van der Waals surface area contributed by atoms with E-state index in [1.54, 1.807) is 0 Å². The maximum atomic E-state index is 11.6. The van der Waals surface area contributed by atoms with Crippen LogP contribution in [0, 0.1) is 5.41 Å². The van der Waals surface area contributed by atoms with E-state index in [0.29, 0.717) is 6.42 Å². The Kier molecular flexibility index (Phi) is 35.6. The molecule has 0 aromatic rings. The number of hydrogen-bond donors (Lipinski definition) is 3. The number of nitrogens with two attached hydrogens (primary N) is 1. The van der Waals surface area contributed by atoms with Gasteiger partial charge < -0.3 is 16.2 Å². The van der Waals surface area contributed by atoms with Crippen LogP contribution >= 0.6 is 0 Å². The highest BCUT2D eigenvalue weighted by Gasteiger charge is 2.25. The number of amides is 1. The monoisotopic (exact) mass is 625 g/mol. The second-order valence-corrected chi connectivity index (χ2v) is 14.1. The van der Waals surface area contributed by atoms with Crippen molar-refractivity contribution in [1.29, 1.82) is 0 Å². The topological polar surface area (TPSA) is 92.4 Å². The van der Waals surface area contributed by atoms with Gasteiger partial charge in [0.05, 0.1) is 11.6 Å². The first-order valence-electron chi connectivity index (χ1n) is 19.5. The molecule has 0 fully saturated rings. The maximum absolute atomic E-state index is 11.6. The second-order valence-electron chi connectivity index (χ2n) is 14.1. The highest BCUT2D eigenvalue weighted by molar-refractivity contribution is 5.76. The summed E-state index contributed by atoms with van der Waals surface area (Å²) in [4.78, 5) is 22.5. The summed E-state index contributed by atoms with van der Waals surface area (Å²) in [7, 11) is 0. The molecule has 0 aliphatic heterocycles. The van der Waals surface area contributed by atoms with Crippen molar-refractivity contribution in [2.45, 2.75) is 233 Å². The van der Waals surface area contributed by atoms with E-state index >= 15 is 0 Å². The van der Waals surface area contributed by atoms with Crippen LogP contribution in [0.15, 0.2) is 0 Å². The average molecular weight is 625 g/mol. The number of aliphatic carboxylic acids is 1. The molecule has 0 bridgehead atoms. The van der Waals surface area contributed by atoms with Crippen molar-refractivity contribution in [2.24, 2.45) is 11.1 Å². The standard InChI is InChI=1S/C21H44N2O.C18H36O2/c1-3-5-6-7-8-9-10-11-12-13-14-15-16-17-18-19-21(24)23-20(22)4-2;1-4-5-6-7-8-9-10-11-12-13-14-15-16-18(2,3)17(19)20/h20H,3-19,22H2,1-2H3,(H,23,24);4-16H2,1-3H3,(H,19,20). The number of nitrogens with one attached hydrogen (secondary N) is 1. The van der Waals surface area contributed by atoms with Gasteiger partial charge in [-0.15, -0.1) is 0 Å². The number of unbranched alkanes of at least 4 members (excludes halogenated alkanes) is 25. The summed E-state index contributed by atoms with van der Waals surface area (Å²) in [6, 6.07) is 0. The van der Waals surface area contributed by atoms with Crippen molar-refractivity contribution in [3.8, 4) is 0 Å².